The van der Waals surface area contributed by atoms with E-state index in [2.05, 4.69) is 109 Å². The predicted octanol–water partition coefficient (Wildman–Crippen LogP) is 13.0. The summed E-state index contributed by atoms with van der Waals surface area (Å²) < 4.78 is 6.21. The Kier molecular flexibility index (Phi) is 9.95. The molecule has 0 fully saturated rings. The van der Waals surface area contributed by atoms with Crippen LogP contribution in [0.4, 0.5) is 0 Å². The molecule has 55 heavy (non-hydrogen) atoms. The van der Waals surface area contributed by atoms with E-state index in [9.17, 15) is 0 Å². The third-order valence-corrected chi connectivity index (χ3v) is 9.70. The Hall–Kier alpha value is -7.30. The van der Waals surface area contributed by atoms with E-state index in [1.807, 2.05) is 103 Å². The summed E-state index contributed by atoms with van der Waals surface area (Å²) in [6.45, 7) is 2.13. The fourth-order valence-corrected chi connectivity index (χ4v) is 6.86. The van der Waals surface area contributed by atoms with Crippen LogP contribution in [0.5, 0.6) is 0 Å². The SMILES string of the molecule is Cc1cccc(-c2cc(-c3ccccc3)cc3oc4ccccc4c23)c1.N=C(N=C(N)c1ccc(-c2ccccc2)cc1)c1ccc(-c2ccccc2)cc1. The lowest BCUT2D eigenvalue weighted by molar-refractivity contribution is 0.669. The Morgan fingerprint density at radius 1 is 0.455 bits per heavy atom. The third-order valence-electron chi connectivity index (χ3n) is 9.70. The smallest absolute Gasteiger partial charge is 0.154 e. The van der Waals surface area contributed by atoms with Gasteiger partial charge in [-0.05, 0) is 69.6 Å². The molecule has 3 N–H and O–H groups in total. The zero-order chi connectivity index (χ0) is 37.6. The average Bonchev–Trinajstić information content (AvgIpc) is 3.63. The molecule has 0 unspecified atom stereocenters. The second kappa shape index (κ2) is 15.7. The second-order valence-electron chi connectivity index (χ2n) is 13.5. The van der Waals surface area contributed by atoms with Crippen LogP contribution >= 0.6 is 0 Å². The summed E-state index contributed by atoms with van der Waals surface area (Å²) >= 11 is 0. The summed E-state index contributed by atoms with van der Waals surface area (Å²) in [6.07, 6.45) is 0. The van der Waals surface area contributed by atoms with Gasteiger partial charge in [0.15, 0.2) is 5.84 Å². The highest BCUT2D eigenvalue weighted by Gasteiger charge is 2.15. The van der Waals surface area contributed by atoms with Gasteiger partial charge in [-0.1, -0.05) is 188 Å². The normalized spacial score (nSPS) is 11.3. The molecule has 8 aromatic carbocycles. The summed E-state index contributed by atoms with van der Waals surface area (Å²) in [4.78, 5) is 4.30. The average molecular weight is 710 g/mol. The second-order valence-corrected chi connectivity index (χ2v) is 13.5. The summed E-state index contributed by atoms with van der Waals surface area (Å²) in [5.74, 6) is 0.482. The van der Waals surface area contributed by atoms with Crippen molar-refractivity contribution in [3.05, 3.63) is 217 Å². The summed E-state index contributed by atoms with van der Waals surface area (Å²) in [5, 5.41) is 10.6. The number of amidine groups is 2. The van der Waals surface area contributed by atoms with Crippen molar-refractivity contribution in [3.63, 3.8) is 0 Å². The Labute approximate surface area is 321 Å². The lowest BCUT2D eigenvalue weighted by Crippen LogP contribution is -2.15. The number of aliphatic imine (C=N–C) groups is 1. The number of aryl methyl sites for hydroxylation is 1. The van der Waals surface area contributed by atoms with Gasteiger partial charge in [0.05, 0.1) is 0 Å². The van der Waals surface area contributed by atoms with Crippen LogP contribution in [0, 0.1) is 12.3 Å². The van der Waals surface area contributed by atoms with E-state index < -0.39 is 0 Å². The molecule has 0 atom stereocenters. The number of rotatable bonds is 6. The van der Waals surface area contributed by atoms with Crippen LogP contribution < -0.4 is 5.73 Å². The number of nitrogens with one attached hydrogen (secondary N) is 1. The molecule has 0 aliphatic heterocycles. The fourth-order valence-electron chi connectivity index (χ4n) is 6.86. The van der Waals surface area contributed by atoms with Gasteiger partial charge in [0.1, 0.15) is 17.0 Å². The molecule has 4 nitrogen and oxygen atoms in total. The molecule has 9 aromatic rings. The fraction of sp³-hybridized carbons (Fsp3) is 0.0196. The molecule has 0 saturated carbocycles. The van der Waals surface area contributed by atoms with Crippen molar-refractivity contribution in [3.8, 4) is 44.5 Å². The van der Waals surface area contributed by atoms with Crippen molar-refractivity contribution in [2.75, 3.05) is 0 Å². The number of para-hydroxylation sites is 1. The van der Waals surface area contributed by atoms with E-state index in [-0.39, 0.29) is 5.84 Å². The van der Waals surface area contributed by atoms with Gasteiger partial charge in [-0.15, -0.1) is 0 Å². The van der Waals surface area contributed by atoms with E-state index in [4.69, 9.17) is 15.6 Å². The quantitative estimate of drug-likeness (QED) is 0.133. The van der Waals surface area contributed by atoms with Crippen LogP contribution in [0.2, 0.25) is 0 Å². The van der Waals surface area contributed by atoms with Gasteiger partial charge < -0.3 is 10.2 Å². The van der Waals surface area contributed by atoms with Gasteiger partial charge in [-0.3, -0.25) is 5.41 Å². The lowest BCUT2D eigenvalue weighted by atomic mass is 9.94. The maximum Gasteiger partial charge on any atom is 0.154 e. The van der Waals surface area contributed by atoms with Gasteiger partial charge in [0.25, 0.3) is 0 Å². The largest absolute Gasteiger partial charge is 0.456 e. The Morgan fingerprint density at radius 2 is 0.945 bits per heavy atom. The number of nitrogens with two attached hydrogens (primary N) is 1. The molecule has 0 aliphatic rings. The van der Waals surface area contributed by atoms with Crippen LogP contribution in [0.1, 0.15) is 16.7 Å². The van der Waals surface area contributed by atoms with Crippen molar-refractivity contribution >= 4 is 33.6 Å². The first-order valence-electron chi connectivity index (χ1n) is 18.3. The molecular weight excluding hydrogens is 671 g/mol. The van der Waals surface area contributed by atoms with Crippen LogP contribution in [0.15, 0.2) is 210 Å². The highest BCUT2D eigenvalue weighted by molar-refractivity contribution is 6.14. The van der Waals surface area contributed by atoms with Crippen LogP contribution in [0.3, 0.4) is 0 Å². The van der Waals surface area contributed by atoms with Crippen LogP contribution in [-0.2, 0) is 0 Å². The molecule has 0 amide bonds. The minimum absolute atomic E-state index is 0.147. The lowest BCUT2D eigenvalue weighted by Gasteiger charge is -2.09. The predicted molar refractivity (Wildman–Crippen MR) is 231 cm³/mol. The first-order chi connectivity index (χ1) is 27.0. The summed E-state index contributed by atoms with van der Waals surface area (Å²) in [6, 6.07) is 67.9. The van der Waals surface area contributed by atoms with Gasteiger partial charge in [0.2, 0.25) is 0 Å². The molecule has 0 aliphatic carbocycles. The topological polar surface area (TPSA) is 75.4 Å². The van der Waals surface area contributed by atoms with Crippen molar-refractivity contribution in [2.45, 2.75) is 6.92 Å². The van der Waals surface area contributed by atoms with Crippen LogP contribution in [0.25, 0.3) is 66.4 Å². The molecule has 0 saturated heterocycles. The third kappa shape index (κ3) is 7.75. The molecule has 264 valence electrons. The highest BCUT2D eigenvalue weighted by Crippen LogP contribution is 2.40. The van der Waals surface area contributed by atoms with E-state index in [0.29, 0.717) is 5.84 Å². The van der Waals surface area contributed by atoms with Crippen molar-refractivity contribution in [1.82, 2.24) is 0 Å². The molecular formula is C51H39N3O. The monoisotopic (exact) mass is 709 g/mol. The molecule has 0 radical (unpaired) electrons. The maximum atomic E-state index is 8.29. The Balaban J connectivity index is 0.000000156. The number of hydrogen-bond donors (Lipinski definition) is 2. The Bertz CT molecular complexity index is 2750. The molecule has 0 bridgehead atoms. The number of hydrogen-bond acceptors (Lipinski definition) is 2. The minimum atomic E-state index is 0.147. The van der Waals surface area contributed by atoms with Crippen molar-refractivity contribution in [2.24, 2.45) is 10.7 Å². The standard InChI is InChI=1S/C26H21N3.C25H18O/c27-25(23-15-11-21(12-16-23)19-7-3-1-4-8-19)29-26(28)24-17-13-22(14-18-24)20-9-5-2-6-10-20;1-17-8-7-11-19(14-17)22-15-20(18-9-3-2-4-10-18)16-24-25(22)21-12-5-6-13-23(21)26-24/h1-18H,(H3,27,28,29);2-16H,1H3. The van der Waals surface area contributed by atoms with Gasteiger partial charge in [0, 0.05) is 21.9 Å². The number of fused-ring (bicyclic) bond motifs is 3. The molecule has 9 rings (SSSR count). The van der Waals surface area contributed by atoms with E-state index in [1.165, 1.54) is 38.6 Å². The molecule has 4 heteroatoms. The summed E-state index contributed by atoms with van der Waals surface area (Å²) in [7, 11) is 0. The highest BCUT2D eigenvalue weighted by atomic mass is 16.3. The zero-order valence-electron chi connectivity index (χ0n) is 30.5. The van der Waals surface area contributed by atoms with Gasteiger partial charge in [-0.25, -0.2) is 4.99 Å². The van der Waals surface area contributed by atoms with Crippen molar-refractivity contribution in [1.29, 1.82) is 5.41 Å². The molecule has 1 heterocycles. The van der Waals surface area contributed by atoms with Gasteiger partial charge in [-0.2, -0.15) is 0 Å². The number of nitrogens with zero attached hydrogens (tertiary/aromatic N) is 1. The summed E-state index contributed by atoms with van der Waals surface area (Å²) in [5.41, 5.74) is 20.1. The van der Waals surface area contributed by atoms with Crippen LogP contribution in [-0.4, -0.2) is 11.7 Å². The zero-order valence-corrected chi connectivity index (χ0v) is 30.5. The van der Waals surface area contributed by atoms with Crippen molar-refractivity contribution < 1.29 is 4.42 Å². The number of benzene rings is 8. The first-order valence-corrected chi connectivity index (χ1v) is 18.3. The Morgan fingerprint density at radius 3 is 1.53 bits per heavy atom. The minimum Gasteiger partial charge on any atom is -0.456 e. The van der Waals surface area contributed by atoms with Gasteiger partial charge >= 0.3 is 0 Å². The maximum absolute atomic E-state index is 8.29. The van der Waals surface area contributed by atoms with E-state index in [1.54, 1.807) is 0 Å². The molecule has 1 aromatic heterocycles. The number of furan rings is 1. The van der Waals surface area contributed by atoms with E-state index in [0.717, 1.165) is 44.5 Å². The first kappa shape index (κ1) is 34.8. The van der Waals surface area contributed by atoms with E-state index >= 15 is 0 Å². The molecule has 0 spiro atoms.